The van der Waals surface area contributed by atoms with E-state index in [0.717, 1.165) is 11.3 Å². The maximum Gasteiger partial charge on any atom is 0.422 e. The molecule has 1 aromatic carbocycles. The lowest BCUT2D eigenvalue weighted by Gasteiger charge is -2.22. The average molecular weight is 526 g/mol. The molecule has 29 heavy (non-hydrogen) atoms. The Kier molecular flexibility index (Phi) is 9.60. The predicted molar refractivity (Wildman–Crippen MR) is 117 cm³/mol. The Morgan fingerprint density at radius 1 is 1.24 bits per heavy atom. The second-order valence-electron chi connectivity index (χ2n) is 6.26. The molecule has 1 N–H and O–H groups in total. The zero-order valence-electron chi connectivity index (χ0n) is 16.8. The number of aromatic nitrogens is 1. The van der Waals surface area contributed by atoms with Crippen LogP contribution in [-0.2, 0) is 20.1 Å². The molecule has 0 aliphatic heterocycles. The van der Waals surface area contributed by atoms with Gasteiger partial charge in [-0.05, 0) is 29.8 Å². The standard InChI is InChI=1S/C19H25F3N4O2.HI/c1-23-18(26(3)12-15-6-5-9-25(15)2)24-11-14-7-8-16(17(10-14)27-4)28-13-19(20,21)22;/h5-10H,11-13H2,1-4H3,(H,23,24);1H. The molecule has 0 saturated heterocycles. The van der Waals surface area contributed by atoms with Crippen LogP contribution in [0, 0.1) is 0 Å². The second kappa shape index (κ2) is 11.2. The van der Waals surface area contributed by atoms with Crippen molar-refractivity contribution in [3.05, 3.63) is 47.8 Å². The summed E-state index contributed by atoms with van der Waals surface area (Å²) in [6.07, 6.45) is -2.42. The molecule has 0 aliphatic carbocycles. The first-order valence-electron chi connectivity index (χ1n) is 8.62. The van der Waals surface area contributed by atoms with Gasteiger partial charge in [-0.3, -0.25) is 4.99 Å². The molecule has 2 aromatic rings. The van der Waals surface area contributed by atoms with Crippen molar-refractivity contribution in [3.63, 3.8) is 0 Å². The van der Waals surface area contributed by atoms with Crippen molar-refractivity contribution in [1.29, 1.82) is 0 Å². The highest BCUT2D eigenvalue weighted by molar-refractivity contribution is 14.0. The maximum atomic E-state index is 12.3. The third-order valence-electron chi connectivity index (χ3n) is 4.09. The highest BCUT2D eigenvalue weighted by Gasteiger charge is 2.29. The second-order valence-corrected chi connectivity index (χ2v) is 6.26. The number of aryl methyl sites for hydroxylation is 1. The van der Waals surface area contributed by atoms with E-state index < -0.39 is 12.8 Å². The molecule has 0 amide bonds. The first kappa shape index (κ1) is 24.9. The van der Waals surface area contributed by atoms with Gasteiger partial charge in [-0.15, -0.1) is 24.0 Å². The normalized spacial score (nSPS) is 11.6. The molecule has 0 unspecified atom stereocenters. The van der Waals surface area contributed by atoms with Crippen LogP contribution >= 0.6 is 24.0 Å². The molecule has 2 rings (SSSR count). The SMILES string of the molecule is CN=C(NCc1ccc(OCC(F)(F)F)c(OC)c1)N(C)Cc1cccn1C.I. The lowest BCUT2D eigenvalue weighted by Crippen LogP contribution is -2.38. The molecule has 0 bridgehead atoms. The maximum absolute atomic E-state index is 12.3. The van der Waals surface area contributed by atoms with Crippen molar-refractivity contribution in [2.24, 2.45) is 12.0 Å². The minimum atomic E-state index is -4.40. The van der Waals surface area contributed by atoms with Crippen LogP contribution in [0.15, 0.2) is 41.5 Å². The quantitative estimate of drug-likeness (QED) is 0.339. The molecule has 0 radical (unpaired) electrons. The molecule has 0 fully saturated rings. The van der Waals surface area contributed by atoms with Gasteiger partial charge in [-0.2, -0.15) is 13.2 Å². The highest BCUT2D eigenvalue weighted by Crippen LogP contribution is 2.29. The van der Waals surface area contributed by atoms with E-state index in [-0.39, 0.29) is 35.5 Å². The number of nitrogens with zero attached hydrogens (tertiary/aromatic N) is 3. The van der Waals surface area contributed by atoms with Crippen LogP contribution in [0.25, 0.3) is 0 Å². The van der Waals surface area contributed by atoms with Gasteiger partial charge in [0.15, 0.2) is 24.1 Å². The van der Waals surface area contributed by atoms with E-state index in [1.807, 2.05) is 41.9 Å². The molecular weight excluding hydrogens is 500 g/mol. The average Bonchev–Trinajstić information content (AvgIpc) is 3.04. The number of benzene rings is 1. The third-order valence-corrected chi connectivity index (χ3v) is 4.09. The Morgan fingerprint density at radius 2 is 1.97 bits per heavy atom. The summed E-state index contributed by atoms with van der Waals surface area (Å²) in [5.41, 5.74) is 1.96. The molecular formula is C19H26F3IN4O2. The van der Waals surface area contributed by atoms with Gasteiger partial charge in [0.1, 0.15) is 0 Å². The van der Waals surface area contributed by atoms with Gasteiger partial charge in [0, 0.05) is 39.6 Å². The molecule has 0 aliphatic rings. The van der Waals surface area contributed by atoms with Gasteiger partial charge >= 0.3 is 6.18 Å². The van der Waals surface area contributed by atoms with Crippen molar-refractivity contribution < 1.29 is 22.6 Å². The van der Waals surface area contributed by atoms with Crippen molar-refractivity contribution in [3.8, 4) is 11.5 Å². The minimum absolute atomic E-state index is 0. The summed E-state index contributed by atoms with van der Waals surface area (Å²) in [7, 11) is 6.99. The van der Waals surface area contributed by atoms with E-state index in [0.29, 0.717) is 19.0 Å². The number of halogens is 4. The van der Waals surface area contributed by atoms with Gasteiger partial charge in [0.25, 0.3) is 0 Å². The van der Waals surface area contributed by atoms with Crippen molar-refractivity contribution in [2.75, 3.05) is 27.8 Å². The van der Waals surface area contributed by atoms with Crippen LogP contribution in [0.5, 0.6) is 11.5 Å². The summed E-state index contributed by atoms with van der Waals surface area (Å²) < 4.78 is 49.0. The van der Waals surface area contributed by atoms with Crippen molar-refractivity contribution in [1.82, 2.24) is 14.8 Å². The Bertz CT molecular complexity index is 809. The number of alkyl halides is 3. The van der Waals surface area contributed by atoms with Gasteiger partial charge in [0.05, 0.1) is 13.7 Å². The fourth-order valence-corrected chi connectivity index (χ4v) is 2.65. The molecule has 0 saturated carbocycles. The monoisotopic (exact) mass is 526 g/mol. The van der Waals surface area contributed by atoms with E-state index in [4.69, 9.17) is 9.47 Å². The van der Waals surface area contributed by atoms with Crippen molar-refractivity contribution in [2.45, 2.75) is 19.3 Å². The molecule has 0 atom stereocenters. The van der Waals surface area contributed by atoms with Crippen molar-refractivity contribution >= 4 is 29.9 Å². The molecule has 0 spiro atoms. The number of hydrogen-bond acceptors (Lipinski definition) is 3. The highest BCUT2D eigenvalue weighted by atomic mass is 127. The van der Waals surface area contributed by atoms with E-state index in [1.54, 1.807) is 19.2 Å². The summed E-state index contributed by atoms with van der Waals surface area (Å²) in [5.74, 6) is 0.988. The topological polar surface area (TPSA) is 51.0 Å². The first-order valence-corrected chi connectivity index (χ1v) is 8.62. The van der Waals surface area contributed by atoms with Crippen LogP contribution in [0.2, 0.25) is 0 Å². The van der Waals surface area contributed by atoms with Gasteiger partial charge in [-0.25, -0.2) is 0 Å². The zero-order chi connectivity index (χ0) is 20.7. The first-order chi connectivity index (χ1) is 13.2. The van der Waals surface area contributed by atoms with Crippen LogP contribution in [0.3, 0.4) is 0 Å². The van der Waals surface area contributed by atoms with Crippen LogP contribution in [-0.4, -0.2) is 49.4 Å². The number of hydrogen-bond donors (Lipinski definition) is 1. The van der Waals surface area contributed by atoms with Crippen LogP contribution in [0.4, 0.5) is 13.2 Å². The lowest BCUT2D eigenvalue weighted by molar-refractivity contribution is -0.153. The van der Waals surface area contributed by atoms with Gasteiger partial charge in [-0.1, -0.05) is 6.07 Å². The largest absolute Gasteiger partial charge is 0.493 e. The summed E-state index contributed by atoms with van der Waals surface area (Å²) in [6.45, 7) is -0.256. The number of ether oxygens (including phenoxy) is 2. The molecule has 162 valence electrons. The fourth-order valence-electron chi connectivity index (χ4n) is 2.65. The predicted octanol–water partition coefficient (Wildman–Crippen LogP) is 3.80. The summed E-state index contributed by atoms with van der Waals surface area (Å²) >= 11 is 0. The minimum Gasteiger partial charge on any atom is -0.493 e. The number of rotatable bonds is 7. The Labute approximate surface area is 185 Å². The summed E-state index contributed by atoms with van der Waals surface area (Å²) in [5, 5.41) is 3.23. The summed E-state index contributed by atoms with van der Waals surface area (Å²) in [4.78, 5) is 6.25. The molecule has 1 heterocycles. The lowest BCUT2D eigenvalue weighted by atomic mass is 10.2. The number of aliphatic imine (C=N–C) groups is 1. The zero-order valence-corrected chi connectivity index (χ0v) is 19.1. The van der Waals surface area contributed by atoms with E-state index in [2.05, 4.69) is 10.3 Å². The fraction of sp³-hybridized carbons (Fsp3) is 0.421. The van der Waals surface area contributed by atoms with E-state index >= 15 is 0 Å². The third kappa shape index (κ3) is 7.67. The summed E-state index contributed by atoms with van der Waals surface area (Å²) in [6, 6.07) is 8.81. The molecule has 1 aromatic heterocycles. The van der Waals surface area contributed by atoms with E-state index in [9.17, 15) is 13.2 Å². The molecule has 6 nitrogen and oxygen atoms in total. The van der Waals surface area contributed by atoms with Gasteiger partial charge in [0.2, 0.25) is 0 Å². The Morgan fingerprint density at radius 3 is 2.52 bits per heavy atom. The van der Waals surface area contributed by atoms with Crippen LogP contribution < -0.4 is 14.8 Å². The molecule has 10 heteroatoms. The number of guanidine groups is 1. The van der Waals surface area contributed by atoms with Gasteiger partial charge < -0.3 is 24.3 Å². The number of nitrogens with one attached hydrogen (secondary N) is 1. The number of methoxy groups -OCH3 is 1. The van der Waals surface area contributed by atoms with Crippen LogP contribution in [0.1, 0.15) is 11.3 Å². The smallest absolute Gasteiger partial charge is 0.422 e. The Balaban J connectivity index is 0.00000420. The van der Waals surface area contributed by atoms with E-state index in [1.165, 1.54) is 13.2 Å². The Hall–Kier alpha value is -2.11.